The van der Waals surface area contributed by atoms with Gasteiger partial charge in [0.2, 0.25) is 0 Å². The molecular weight excluding hydrogens is 336 g/mol. The number of fused-ring (bicyclic) bond motifs is 1. The molecule has 0 aliphatic heterocycles. The third kappa shape index (κ3) is 3.37. The molecule has 0 saturated heterocycles. The van der Waals surface area contributed by atoms with E-state index in [1.54, 1.807) is 42.4 Å². The summed E-state index contributed by atoms with van der Waals surface area (Å²) in [5.74, 6) is -0.0602. The van der Waals surface area contributed by atoms with Gasteiger partial charge in [-0.15, -0.1) is 0 Å². The van der Waals surface area contributed by atoms with Gasteiger partial charge in [0.15, 0.2) is 5.78 Å². The number of pyridine rings is 1. The summed E-state index contributed by atoms with van der Waals surface area (Å²) >= 11 is 0. The van der Waals surface area contributed by atoms with Gasteiger partial charge in [-0.05, 0) is 47.5 Å². The molecule has 0 unspecified atom stereocenters. The van der Waals surface area contributed by atoms with Gasteiger partial charge in [0.1, 0.15) is 7.11 Å². The molecule has 4 nitrogen and oxygen atoms in total. The Hall–Kier alpha value is -3.66. The fourth-order valence-electron chi connectivity index (χ4n) is 3.10. The standard InChI is InChI=1S/C23H18N2O2/c1-27-25-16-20(8-10-23(26)18-11-13-24-14-12-18)21-15-19(7-9-22(21)25)17-5-3-2-4-6-17/h2-16H,1H3/b10-8+. The number of aromatic nitrogens is 2. The second kappa shape index (κ2) is 7.30. The highest BCUT2D eigenvalue weighted by molar-refractivity contribution is 6.07. The molecule has 0 amide bonds. The van der Waals surface area contributed by atoms with Crippen molar-refractivity contribution in [2.24, 2.45) is 0 Å². The third-order valence-corrected chi connectivity index (χ3v) is 4.48. The second-order valence-electron chi connectivity index (χ2n) is 6.12. The zero-order chi connectivity index (χ0) is 18.6. The maximum Gasteiger partial charge on any atom is 0.185 e. The van der Waals surface area contributed by atoms with E-state index in [4.69, 9.17) is 4.84 Å². The van der Waals surface area contributed by atoms with Gasteiger partial charge in [-0.1, -0.05) is 36.4 Å². The van der Waals surface area contributed by atoms with Crippen LogP contribution in [0.2, 0.25) is 0 Å². The van der Waals surface area contributed by atoms with Crippen LogP contribution in [0.4, 0.5) is 0 Å². The maximum absolute atomic E-state index is 12.4. The zero-order valence-electron chi connectivity index (χ0n) is 14.9. The average molecular weight is 354 g/mol. The highest BCUT2D eigenvalue weighted by Crippen LogP contribution is 2.28. The summed E-state index contributed by atoms with van der Waals surface area (Å²) in [7, 11) is 1.63. The predicted octanol–water partition coefficient (Wildman–Crippen LogP) is 4.66. The lowest BCUT2D eigenvalue weighted by molar-refractivity contribution is 0.104. The molecule has 4 aromatic rings. The molecule has 2 aromatic carbocycles. The number of carbonyl (C=O) groups excluding carboxylic acids is 1. The minimum atomic E-state index is -0.0602. The highest BCUT2D eigenvalue weighted by atomic mass is 16.6. The number of hydrogen-bond donors (Lipinski definition) is 0. The quantitative estimate of drug-likeness (QED) is 0.387. The fourth-order valence-corrected chi connectivity index (χ4v) is 3.10. The molecule has 2 heterocycles. The van der Waals surface area contributed by atoms with Crippen LogP contribution >= 0.6 is 0 Å². The van der Waals surface area contributed by atoms with Gasteiger partial charge >= 0.3 is 0 Å². The number of hydrogen-bond acceptors (Lipinski definition) is 3. The molecule has 0 spiro atoms. The number of nitrogens with zero attached hydrogens (tertiary/aromatic N) is 2. The summed E-state index contributed by atoms with van der Waals surface area (Å²) < 4.78 is 1.71. The molecule has 0 bridgehead atoms. The van der Waals surface area contributed by atoms with Crippen molar-refractivity contribution in [3.8, 4) is 11.1 Å². The van der Waals surface area contributed by atoms with E-state index in [0.29, 0.717) is 5.56 Å². The van der Waals surface area contributed by atoms with Crippen molar-refractivity contribution < 1.29 is 9.63 Å². The molecule has 0 N–H and O–H groups in total. The van der Waals surface area contributed by atoms with E-state index in [-0.39, 0.29) is 5.78 Å². The molecule has 0 radical (unpaired) electrons. The smallest absolute Gasteiger partial charge is 0.185 e. The van der Waals surface area contributed by atoms with Gasteiger partial charge in [0.25, 0.3) is 0 Å². The van der Waals surface area contributed by atoms with Gasteiger partial charge < -0.3 is 4.84 Å². The van der Waals surface area contributed by atoms with Crippen LogP contribution in [0.1, 0.15) is 15.9 Å². The molecule has 0 atom stereocenters. The minimum Gasteiger partial charge on any atom is -0.417 e. The maximum atomic E-state index is 12.4. The first kappa shape index (κ1) is 16.8. The summed E-state index contributed by atoms with van der Waals surface area (Å²) in [6.07, 6.45) is 8.53. The highest BCUT2D eigenvalue weighted by Gasteiger charge is 2.10. The summed E-state index contributed by atoms with van der Waals surface area (Å²) in [6, 6.07) is 19.8. The number of allylic oxidation sites excluding steroid dienone is 1. The van der Waals surface area contributed by atoms with Crippen molar-refractivity contribution in [3.05, 3.63) is 96.5 Å². The third-order valence-electron chi connectivity index (χ3n) is 4.48. The van der Waals surface area contributed by atoms with Gasteiger partial charge in [0.05, 0.1) is 11.7 Å². The van der Waals surface area contributed by atoms with Crippen LogP contribution in [0.25, 0.3) is 28.1 Å². The average Bonchev–Trinajstić information content (AvgIpc) is 3.10. The van der Waals surface area contributed by atoms with Gasteiger partial charge in [0, 0.05) is 28.9 Å². The Morgan fingerprint density at radius 3 is 2.52 bits per heavy atom. The van der Waals surface area contributed by atoms with Crippen molar-refractivity contribution in [3.63, 3.8) is 0 Å². The van der Waals surface area contributed by atoms with E-state index in [0.717, 1.165) is 27.6 Å². The van der Waals surface area contributed by atoms with Crippen LogP contribution in [0.15, 0.2) is 85.3 Å². The Morgan fingerprint density at radius 2 is 1.78 bits per heavy atom. The van der Waals surface area contributed by atoms with Crippen molar-refractivity contribution in [2.75, 3.05) is 7.11 Å². The lowest BCUT2D eigenvalue weighted by Gasteiger charge is -2.04. The predicted molar refractivity (Wildman–Crippen MR) is 107 cm³/mol. The molecule has 132 valence electrons. The number of carbonyl (C=O) groups is 1. The van der Waals surface area contributed by atoms with Crippen LogP contribution in [-0.2, 0) is 0 Å². The van der Waals surface area contributed by atoms with E-state index in [1.807, 2.05) is 36.5 Å². The summed E-state index contributed by atoms with van der Waals surface area (Å²) in [5.41, 5.74) is 4.75. The van der Waals surface area contributed by atoms with Gasteiger partial charge in [-0.3, -0.25) is 9.78 Å². The number of ketones is 1. The van der Waals surface area contributed by atoms with Crippen LogP contribution in [0.5, 0.6) is 0 Å². The van der Waals surface area contributed by atoms with E-state index in [2.05, 4.69) is 29.2 Å². The van der Waals surface area contributed by atoms with Gasteiger partial charge in [-0.2, -0.15) is 4.73 Å². The first-order valence-corrected chi connectivity index (χ1v) is 8.64. The Kier molecular flexibility index (Phi) is 4.54. The zero-order valence-corrected chi connectivity index (χ0v) is 14.9. The van der Waals surface area contributed by atoms with Crippen LogP contribution < -0.4 is 4.84 Å². The van der Waals surface area contributed by atoms with Crippen molar-refractivity contribution >= 4 is 22.8 Å². The van der Waals surface area contributed by atoms with Crippen LogP contribution in [0.3, 0.4) is 0 Å². The number of rotatable bonds is 5. The summed E-state index contributed by atoms with van der Waals surface area (Å²) in [4.78, 5) is 21.7. The van der Waals surface area contributed by atoms with Crippen molar-refractivity contribution in [1.29, 1.82) is 0 Å². The Bertz CT molecular complexity index is 1110. The summed E-state index contributed by atoms with van der Waals surface area (Å²) in [6.45, 7) is 0. The monoisotopic (exact) mass is 354 g/mol. The fraction of sp³-hybridized carbons (Fsp3) is 0.0435. The SMILES string of the molecule is COn1cc(/C=C/C(=O)c2ccncc2)c2cc(-c3ccccc3)ccc21. The Balaban J connectivity index is 1.75. The molecule has 0 fully saturated rings. The molecule has 0 aliphatic carbocycles. The second-order valence-corrected chi connectivity index (χ2v) is 6.12. The number of benzene rings is 2. The first-order valence-electron chi connectivity index (χ1n) is 8.64. The minimum absolute atomic E-state index is 0.0602. The molecule has 0 saturated carbocycles. The largest absolute Gasteiger partial charge is 0.417 e. The topological polar surface area (TPSA) is 44.1 Å². The van der Waals surface area contributed by atoms with Crippen LogP contribution in [0, 0.1) is 0 Å². The normalized spacial score (nSPS) is 11.1. The molecule has 27 heavy (non-hydrogen) atoms. The van der Waals surface area contributed by atoms with E-state index < -0.39 is 0 Å². The Labute approximate surface area is 157 Å². The van der Waals surface area contributed by atoms with E-state index in [1.165, 1.54) is 0 Å². The lowest BCUT2D eigenvalue weighted by Crippen LogP contribution is -2.02. The lowest BCUT2D eigenvalue weighted by atomic mass is 10.0. The summed E-state index contributed by atoms with van der Waals surface area (Å²) in [5, 5.41) is 1.02. The first-order chi connectivity index (χ1) is 13.3. The van der Waals surface area contributed by atoms with Gasteiger partial charge in [-0.25, -0.2) is 0 Å². The molecule has 0 aliphatic rings. The molecule has 4 heteroatoms. The van der Waals surface area contributed by atoms with Crippen molar-refractivity contribution in [1.82, 2.24) is 9.71 Å². The van der Waals surface area contributed by atoms with E-state index in [9.17, 15) is 4.79 Å². The van der Waals surface area contributed by atoms with E-state index >= 15 is 0 Å². The van der Waals surface area contributed by atoms with Crippen LogP contribution in [-0.4, -0.2) is 22.6 Å². The Morgan fingerprint density at radius 1 is 1.00 bits per heavy atom. The molecule has 2 aromatic heterocycles. The van der Waals surface area contributed by atoms with Crippen molar-refractivity contribution in [2.45, 2.75) is 0 Å². The molecular formula is C23H18N2O2. The molecule has 4 rings (SSSR count).